The lowest BCUT2D eigenvalue weighted by atomic mass is 10.2. The predicted molar refractivity (Wildman–Crippen MR) is 74.3 cm³/mol. The first-order chi connectivity index (χ1) is 9.58. The number of likely N-dealkylation sites (N-methyl/N-ethyl adjacent to an activating group) is 1. The zero-order valence-electron chi connectivity index (χ0n) is 11.0. The fourth-order valence-electron chi connectivity index (χ4n) is 1.91. The van der Waals surface area contributed by atoms with Crippen molar-refractivity contribution >= 4 is 11.4 Å². The maximum Gasteiger partial charge on any atom is 0.292 e. The molecule has 1 heterocycles. The van der Waals surface area contributed by atoms with Crippen LogP contribution in [-0.4, -0.2) is 23.5 Å². The van der Waals surface area contributed by atoms with Gasteiger partial charge in [0.1, 0.15) is 11.5 Å². The van der Waals surface area contributed by atoms with E-state index in [0.29, 0.717) is 13.0 Å². The van der Waals surface area contributed by atoms with E-state index in [1.54, 1.807) is 18.1 Å². The molecule has 1 aromatic carbocycles. The van der Waals surface area contributed by atoms with Crippen molar-refractivity contribution in [2.75, 3.05) is 18.5 Å². The molecule has 0 unspecified atom stereocenters. The molecule has 0 atom stereocenters. The third-order valence-corrected chi connectivity index (χ3v) is 2.97. The molecular weight excluding hydrogens is 261 g/mol. The van der Waals surface area contributed by atoms with E-state index in [1.807, 2.05) is 18.2 Å². The molecule has 2 rings (SSSR count). The molecule has 0 fully saturated rings. The van der Waals surface area contributed by atoms with E-state index >= 15 is 0 Å². The number of benzene rings is 1. The molecule has 2 aromatic rings. The standard InChI is InChI=1S/C14H14FN3O2/c1-17(9-7-12-4-2-3-8-16-12)14-10-11(15)5-6-13(14)18(19)20/h2-6,8,10H,7,9H2,1H3. The number of anilines is 1. The van der Waals surface area contributed by atoms with Gasteiger partial charge in [-0.3, -0.25) is 15.1 Å². The minimum absolute atomic E-state index is 0.102. The Balaban J connectivity index is 2.14. The Morgan fingerprint density at radius 1 is 1.35 bits per heavy atom. The SMILES string of the molecule is CN(CCc1ccccn1)c1cc(F)ccc1[N+](=O)[O-]. The van der Waals surface area contributed by atoms with Gasteiger partial charge in [-0.15, -0.1) is 0 Å². The minimum atomic E-state index is -0.508. The summed E-state index contributed by atoms with van der Waals surface area (Å²) in [4.78, 5) is 16.3. The molecule has 0 aliphatic carbocycles. The van der Waals surface area contributed by atoms with Crippen LogP contribution in [0.4, 0.5) is 15.8 Å². The molecule has 0 bridgehead atoms. The summed E-state index contributed by atoms with van der Waals surface area (Å²) in [5.74, 6) is -0.490. The number of aromatic nitrogens is 1. The number of pyridine rings is 1. The summed E-state index contributed by atoms with van der Waals surface area (Å²) in [7, 11) is 1.70. The van der Waals surface area contributed by atoms with E-state index in [2.05, 4.69) is 4.98 Å². The lowest BCUT2D eigenvalue weighted by Gasteiger charge is -2.18. The monoisotopic (exact) mass is 275 g/mol. The Kier molecular flexibility index (Phi) is 4.24. The summed E-state index contributed by atoms with van der Waals surface area (Å²) in [5, 5.41) is 11.0. The summed E-state index contributed by atoms with van der Waals surface area (Å²) in [6.45, 7) is 0.515. The molecule has 20 heavy (non-hydrogen) atoms. The molecule has 104 valence electrons. The highest BCUT2D eigenvalue weighted by molar-refractivity contribution is 5.62. The Morgan fingerprint density at radius 3 is 2.80 bits per heavy atom. The summed E-state index contributed by atoms with van der Waals surface area (Å²) < 4.78 is 13.3. The van der Waals surface area contributed by atoms with Crippen LogP contribution in [0.3, 0.4) is 0 Å². The van der Waals surface area contributed by atoms with Crippen LogP contribution >= 0.6 is 0 Å². The van der Waals surface area contributed by atoms with Gasteiger partial charge in [-0.25, -0.2) is 4.39 Å². The Labute approximate surface area is 115 Å². The summed E-state index contributed by atoms with van der Waals surface area (Å²) in [6, 6.07) is 9.04. The lowest BCUT2D eigenvalue weighted by Crippen LogP contribution is -2.21. The van der Waals surface area contributed by atoms with Crippen molar-refractivity contribution in [3.63, 3.8) is 0 Å². The smallest absolute Gasteiger partial charge is 0.292 e. The van der Waals surface area contributed by atoms with E-state index < -0.39 is 10.7 Å². The highest BCUT2D eigenvalue weighted by atomic mass is 19.1. The van der Waals surface area contributed by atoms with Crippen molar-refractivity contribution in [1.82, 2.24) is 4.98 Å². The maximum atomic E-state index is 13.3. The summed E-state index contributed by atoms with van der Waals surface area (Å²) in [5.41, 5.74) is 1.05. The van der Waals surface area contributed by atoms with Gasteiger partial charge in [0.25, 0.3) is 5.69 Å². The molecule has 1 aromatic heterocycles. The largest absolute Gasteiger partial charge is 0.369 e. The Bertz CT molecular complexity index is 605. The normalized spacial score (nSPS) is 10.3. The third-order valence-electron chi connectivity index (χ3n) is 2.97. The van der Waals surface area contributed by atoms with Crippen molar-refractivity contribution in [2.24, 2.45) is 0 Å². The molecule has 5 nitrogen and oxygen atoms in total. The number of hydrogen-bond acceptors (Lipinski definition) is 4. The Hall–Kier alpha value is -2.50. The highest BCUT2D eigenvalue weighted by Crippen LogP contribution is 2.28. The second kappa shape index (κ2) is 6.10. The van der Waals surface area contributed by atoms with E-state index in [4.69, 9.17) is 0 Å². The quantitative estimate of drug-likeness (QED) is 0.622. The molecule has 0 amide bonds. The van der Waals surface area contributed by atoms with Crippen molar-refractivity contribution in [3.05, 3.63) is 64.2 Å². The van der Waals surface area contributed by atoms with Crippen LogP contribution in [0.25, 0.3) is 0 Å². The van der Waals surface area contributed by atoms with Crippen LogP contribution < -0.4 is 4.90 Å². The second-order valence-electron chi connectivity index (χ2n) is 4.38. The lowest BCUT2D eigenvalue weighted by molar-refractivity contribution is -0.384. The number of nitro benzene ring substituents is 1. The van der Waals surface area contributed by atoms with Gasteiger partial charge in [0.05, 0.1) is 4.92 Å². The second-order valence-corrected chi connectivity index (χ2v) is 4.38. The van der Waals surface area contributed by atoms with Crippen LogP contribution in [0.2, 0.25) is 0 Å². The van der Waals surface area contributed by atoms with Gasteiger partial charge < -0.3 is 4.90 Å². The number of nitrogens with zero attached hydrogens (tertiary/aromatic N) is 3. The minimum Gasteiger partial charge on any atom is -0.369 e. The molecular formula is C14H14FN3O2. The summed E-state index contributed by atoms with van der Waals surface area (Å²) >= 11 is 0. The average Bonchev–Trinajstić information content (AvgIpc) is 2.45. The van der Waals surface area contributed by atoms with E-state index in [9.17, 15) is 14.5 Å². The average molecular weight is 275 g/mol. The van der Waals surface area contributed by atoms with E-state index in [-0.39, 0.29) is 11.4 Å². The maximum absolute atomic E-state index is 13.3. The van der Waals surface area contributed by atoms with Gasteiger partial charge >= 0.3 is 0 Å². The fraction of sp³-hybridized carbons (Fsp3) is 0.214. The molecule has 0 spiro atoms. The number of nitro groups is 1. The number of rotatable bonds is 5. The highest BCUT2D eigenvalue weighted by Gasteiger charge is 2.17. The van der Waals surface area contributed by atoms with Crippen molar-refractivity contribution in [2.45, 2.75) is 6.42 Å². The molecule has 0 aliphatic rings. The third kappa shape index (κ3) is 3.28. The predicted octanol–water partition coefficient (Wildman–Crippen LogP) is 2.81. The molecule has 0 N–H and O–H groups in total. The number of hydrogen-bond donors (Lipinski definition) is 0. The van der Waals surface area contributed by atoms with Gasteiger partial charge in [0.15, 0.2) is 0 Å². The molecule has 0 aliphatic heterocycles. The first-order valence-corrected chi connectivity index (χ1v) is 6.13. The zero-order chi connectivity index (χ0) is 14.5. The van der Waals surface area contributed by atoms with Gasteiger partial charge in [0.2, 0.25) is 0 Å². The molecule has 0 saturated heterocycles. The van der Waals surface area contributed by atoms with Crippen LogP contribution in [-0.2, 0) is 6.42 Å². The van der Waals surface area contributed by atoms with Crippen molar-refractivity contribution in [1.29, 1.82) is 0 Å². The van der Waals surface area contributed by atoms with Crippen molar-refractivity contribution < 1.29 is 9.31 Å². The summed E-state index contributed by atoms with van der Waals surface area (Å²) in [6.07, 6.45) is 2.32. The van der Waals surface area contributed by atoms with Gasteiger partial charge in [-0.1, -0.05) is 6.07 Å². The van der Waals surface area contributed by atoms with Crippen LogP contribution in [0, 0.1) is 15.9 Å². The fourth-order valence-corrected chi connectivity index (χ4v) is 1.91. The first kappa shape index (κ1) is 13.9. The topological polar surface area (TPSA) is 59.3 Å². The van der Waals surface area contributed by atoms with Crippen LogP contribution in [0.1, 0.15) is 5.69 Å². The molecule has 0 radical (unpaired) electrons. The Morgan fingerprint density at radius 2 is 2.15 bits per heavy atom. The number of halogens is 1. The zero-order valence-corrected chi connectivity index (χ0v) is 11.0. The molecule has 0 saturated carbocycles. The van der Waals surface area contributed by atoms with Gasteiger partial charge in [0, 0.05) is 44.0 Å². The van der Waals surface area contributed by atoms with E-state index in [1.165, 1.54) is 12.1 Å². The van der Waals surface area contributed by atoms with Crippen molar-refractivity contribution in [3.8, 4) is 0 Å². The van der Waals surface area contributed by atoms with E-state index in [0.717, 1.165) is 11.8 Å². The van der Waals surface area contributed by atoms with Crippen LogP contribution in [0.5, 0.6) is 0 Å². The molecule has 6 heteroatoms. The van der Waals surface area contributed by atoms with Crippen LogP contribution in [0.15, 0.2) is 42.6 Å². The first-order valence-electron chi connectivity index (χ1n) is 6.13. The van der Waals surface area contributed by atoms with Gasteiger partial charge in [-0.2, -0.15) is 0 Å². The van der Waals surface area contributed by atoms with Gasteiger partial charge in [-0.05, 0) is 18.2 Å².